The number of hydrogen-bond donors (Lipinski definition) is 2. The maximum Gasteiger partial charge on any atom is 0.328 e. The maximum atomic E-state index is 15.7. The minimum atomic E-state index is -1.26. The molecule has 1 aliphatic heterocycles. The lowest BCUT2D eigenvalue weighted by atomic mass is 9.65. The van der Waals surface area contributed by atoms with Gasteiger partial charge in [-0.3, -0.25) is 19.1 Å². The second-order valence-corrected chi connectivity index (χ2v) is 19.7. The van der Waals surface area contributed by atoms with Crippen molar-refractivity contribution in [1.29, 1.82) is 0 Å². The van der Waals surface area contributed by atoms with Gasteiger partial charge in [0.2, 0.25) is 0 Å². The van der Waals surface area contributed by atoms with Gasteiger partial charge in [-0.25, -0.2) is 9.18 Å². The third kappa shape index (κ3) is 15.1. The number of aromatic nitrogens is 2. The Morgan fingerprint density at radius 2 is 1.25 bits per heavy atom. The Bertz CT molecular complexity index is 1650. The van der Waals surface area contributed by atoms with E-state index in [1.807, 2.05) is 25.7 Å². The van der Waals surface area contributed by atoms with Gasteiger partial charge in [0.25, 0.3) is 11.5 Å². The van der Waals surface area contributed by atoms with E-state index in [0.29, 0.717) is 23.2 Å². The predicted molar refractivity (Wildman–Crippen MR) is 225 cm³/mol. The van der Waals surface area contributed by atoms with Crippen LogP contribution in [0.15, 0.2) is 40.0 Å². The van der Waals surface area contributed by atoms with E-state index in [0.717, 1.165) is 12.8 Å². The summed E-state index contributed by atoms with van der Waals surface area (Å²) in [7, 11) is 1.76. The molecule has 2 heterocycles. The summed E-state index contributed by atoms with van der Waals surface area (Å²) in [5, 5.41) is 2.76. The second-order valence-electron chi connectivity index (χ2n) is 19.7. The number of methoxy groups -OCH3 is 1. The molecule has 0 aromatic carbocycles. The Hall–Kier alpha value is -3.64. The number of carbonyl (C=O) groups excluding carboxylic acids is 1. The predicted octanol–water partition coefficient (Wildman–Crippen LogP) is 7.05. The average Bonchev–Trinajstić information content (AvgIpc) is 2.96. The minimum Gasteiger partial charge on any atom is -0.412 e. The highest BCUT2D eigenvalue weighted by atomic mass is 19.1. The van der Waals surface area contributed by atoms with Gasteiger partial charge in [-0.15, -0.1) is 12.8 Å². The van der Waals surface area contributed by atoms with Crippen LogP contribution in [0.3, 0.4) is 0 Å². The van der Waals surface area contributed by atoms with E-state index in [9.17, 15) is 14.4 Å². The zero-order chi connectivity index (χ0) is 41.6. The van der Waals surface area contributed by atoms with Crippen LogP contribution in [0.25, 0.3) is 0 Å². The third-order valence-corrected chi connectivity index (χ3v) is 10.2. The number of rotatable bonds is 11. The first-order chi connectivity index (χ1) is 23.9. The summed E-state index contributed by atoms with van der Waals surface area (Å²) in [4.78, 5) is 39.9. The average molecular weight is 775 g/mol. The second kappa shape index (κ2) is 20.5. The lowest BCUT2D eigenvalue weighted by Crippen LogP contribution is -2.52. The summed E-state index contributed by atoms with van der Waals surface area (Å²) in [6.07, 6.45) is 14.5. The van der Waals surface area contributed by atoms with Crippen molar-refractivity contribution in [1.82, 2.24) is 19.8 Å². The van der Waals surface area contributed by atoms with Crippen molar-refractivity contribution in [3.8, 4) is 24.7 Å². The van der Waals surface area contributed by atoms with Gasteiger partial charge < -0.3 is 25.9 Å². The summed E-state index contributed by atoms with van der Waals surface area (Å²) >= 11 is 0. The summed E-state index contributed by atoms with van der Waals surface area (Å²) in [5.74, 6) is 5.58. The van der Waals surface area contributed by atoms with E-state index in [1.165, 1.54) is 10.8 Å². The lowest BCUT2D eigenvalue weighted by Gasteiger charge is -2.47. The summed E-state index contributed by atoms with van der Waals surface area (Å²) in [6.45, 7) is 38.3. The van der Waals surface area contributed by atoms with Crippen molar-refractivity contribution in [3.63, 3.8) is 0 Å². The minimum absolute atomic E-state index is 0. The molecule has 8 atom stereocenters. The Kier molecular flexibility index (Phi) is 19.9. The zero-order valence-corrected chi connectivity index (χ0v) is 37.0. The first-order valence-electron chi connectivity index (χ1n) is 18.9. The van der Waals surface area contributed by atoms with Crippen LogP contribution in [-0.4, -0.2) is 56.7 Å². The van der Waals surface area contributed by atoms with Crippen LogP contribution in [0.2, 0.25) is 0 Å². The van der Waals surface area contributed by atoms with Crippen molar-refractivity contribution in [2.24, 2.45) is 45.3 Å². The fourth-order valence-electron chi connectivity index (χ4n) is 8.65. The molecule has 1 amide bonds. The fourth-order valence-corrected chi connectivity index (χ4v) is 8.65. The van der Waals surface area contributed by atoms with Gasteiger partial charge >= 0.3 is 5.69 Å². The highest BCUT2D eigenvalue weighted by molar-refractivity contribution is 5.99. The number of nitrogens with zero attached hydrogens (tertiary/aromatic N) is 2. The quantitative estimate of drug-likeness (QED) is 0.230. The first-order valence-corrected chi connectivity index (χ1v) is 18.9. The molecule has 11 heteroatoms. The Morgan fingerprint density at radius 3 is 1.64 bits per heavy atom. The number of hydrogen-bond acceptors (Lipinski definition) is 5. The molecule has 1 aromatic heterocycles. The summed E-state index contributed by atoms with van der Waals surface area (Å²) in [5.41, 5.74) is -0.832. The van der Waals surface area contributed by atoms with Crippen LogP contribution < -0.4 is 16.6 Å². The smallest absolute Gasteiger partial charge is 0.328 e. The summed E-state index contributed by atoms with van der Waals surface area (Å²) in [6, 6.07) is -0.767. The van der Waals surface area contributed by atoms with Gasteiger partial charge in [-0.1, -0.05) is 115 Å². The monoisotopic (exact) mass is 775 g/mol. The van der Waals surface area contributed by atoms with Crippen molar-refractivity contribution in [3.05, 3.63) is 56.8 Å². The molecule has 10 nitrogen and oxygen atoms in total. The molecule has 6 N–H and O–H groups in total. The third-order valence-electron chi connectivity index (χ3n) is 10.2. The molecule has 0 saturated heterocycles. The largest absolute Gasteiger partial charge is 0.412 e. The van der Waals surface area contributed by atoms with Gasteiger partial charge in [0, 0.05) is 19.5 Å². The molecule has 1 aliphatic rings. The van der Waals surface area contributed by atoms with Crippen molar-refractivity contribution in [2.45, 2.75) is 148 Å². The Morgan fingerprint density at radius 1 is 0.800 bits per heavy atom. The molecule has 1 aromatic rings. The number of H-pyrrole nitrogens is 1. The number of aromatic amines is 1. The molecule has 0 saturated carbocycles. The molecular weight excluding hydrogens is 700 g/mol. The number of carbonyl (C=O) groups is 1. The van der Waals surface area contributed by atoms with Crippen LogP contribution in [0.1, 0.15) is 135 Å². The molecule has 0 fully saturated rings. The normalized spacial score (nSPS) is 18.1. The zero-order valence-electron chi connectivity index (χ0n) is 37.0. The first kappa shape index (κ1) is 53.5. The molecule has 314 valence electrons. The molecule has 0 spiro atoms. The van der Waals surface area contributed by atoms with E-state index in [-0.39, 0.29) is 68.1 Å². The van der Waals surface area contributed by atoms with E-state index in [4.69, 9.17) is 17.6 Å². The van der Waals surface area contributed by atoms with E-state index in [1.54, 1.807) is 20.2 Å². The van der Waals surface area contributed by atoms with Crippen LogP contribution in [0.4, 0.5) is 4.39 Å². The number of alkyl halides is 1. The van der Waals surface area contributed by atoms with Gasteiger partial charge in [0.15, 0.2) is 0 Å². The molecule has 0 aliphatic carbocycles. The molecule has 2 unspecified atom stereocenters. The molecule has 55 heavy (non-hydrogen) atoms. The SMILES string of the molecule is C#CC1=CN([C@H](C)C(OC)[C@H]([C@H](C)CC(C)(C)C)C(C)(C)C)C(=C)NC1=O.C#Cc1cn([C@H](C)C(F)[C@H]([C@H](C)CC(C)(C)C)C(C)(C)C)c(=O)[nH]c1=O.O.O. The Balaban J connectivity index is 0. The maximum absolute atomic E-state index is 15.7. The number of amides is 1. The van der Waals surface area contributed by atoms with Gasteiger partial charge in [-0.05, 0) is 72.0 Å². The molecule has 2 rings (SSSR count). The van der Waals surface area contributed by atoms with Crippen LogP contribution in [0.5, 0.6) is 0 Å². The summed E-state index contributed by atoms with van der Waals surface area (Å²) < 4.78 is 23.0. The molecular formula is C44H75FN4O6. The molecule has 0 bridgehead atoms. The fraction of sp³-hybridized carbons (Fsp3) is 0.705. The van der Waals surface area contributed by atoms with Crippen LogP contribution >= 0.6 is 0 Å². The number of nitrogens with one attached hydrogen (secondary N) is 2. The van der Waals surface area contributed by atoms with Gasteiger partial charge in [0.05, 0.1) is 18.2 Å². The number of ether oxygens (including phenoxy) is 1. The highest BCUT2D eigenvalue weighted by Gasteiger charge is 2.43. The highest BCUT2D eigenvalue weighted by Crippen LogP contribution is 2.44. The van der Waals surface area contributed by atoms with Crippen LogP contribution in [0, 0.1) is 70.0 Å². The lowest BCUT2D eigenvalue weighted by molar-refractivity contribution is -0.118. The standard InChI is InChI=1S/C23H38N2O2.C21H33FN2O2.2H2O/c1-12-18-14-25(17(4)24-21(18)26)16(3)20(27-11)19(23(8,9)10)15(2)13-22(5,6)7;1-10-15-12-24(19(26)23-18(15)25)14(3)17(22)16(21(7,8)9)13(2)11-20(4,5)6;;/h1,14-16,19-20H,4,13H2,2-3,5-11H3,(H,24,26);1,12-14,16-17H,11H2,2-9H3,(H,23,25,26);2*1H2/t15-,16-,19+,20?;13-,14-,16+,17?;;/m11../s1. The van der Waals surface area contributed by atoms with E-state index < -0.39 is 23.5 Å². The van der Waals surface area contributed by atoms with Crippen LogP contribution in [-0.2, 0) is 9.53 Å². The number of halogens is 1. The van der Waals surface area contributed by atoms with Crippen molar-refractivity contribution >= 4 is 5.91 Å². The van der Waals surface area contributed by atoms with Crippen molar-refractivity contribution in [2.75, 3.05) is 7.11 Å². The van der Waals surface area contributed by atoms with Gasteiger partial charge in [0.1, 0.15) is 23.1 Å². The van der Waals surface area contributed by atoms with Gasteiger partial charge in [-0.2, -0.15) is 0 Å². The topological polar surface area (TPSA) is 159 Å². The van der Waals surface area contributed by atoms with E-state index >= 15 is 4.39 Å². The Labute approximate surface area is 331 Å². The number of terminal acetylenes is 2. The van der Waals surface area contributed by atoms with E-state index in [2.05, 4.69) is 112 Å². The molecule has 0 radical (unpaired) electrons. The van der Waals surface area contributed by atoms with Crippen molar-refractivity contribution < 1.29 is 24.9 Å².